The topological polar surface area (TPSA) is 72.8 Å². The number of aliphatic hydroxyl groups excluding tert-OH is 1. The van der Waals surface area contributed by atoms with Crippen LogP contribution < -0.4 is 9.47 Å². The van der Waals surface area contributed by atoms with Gasteiger partial charge in [-0.05, 0) is 54.7 Å². The van der Waals surface area contributed by atoms with E-state index < -0.39 is 29.9 Å². The first-order valence-corrected chi connectivity index (χ1v) is 12.4. The molecular weight excluding hydrogens is 464 g/mol. The molecule has 4 rings (SSSR count). The molecule has 37 heavy (non-hydrogen) atoms. The molecule has 5 nitrogen and oxygen atoms in total. The number of esters is 2. The Labute approximate surface area is 217 Å². The van der Waals surface area contributed by atoms with Gasteiger partial charge in [0.25, 0.3) is 0 Å². The minimum atomic E-state index is -1.13. The molecule has 0 aliphatic rings. The third-order valence-electron chi connectivity index (χ3n) is 6.17. The molecule has 0 spiro atoms. The fourth-order valence-corrected chi connectivity index (χ4v) is 4.23. The second kappa shape index (κ2) is 13.2. The van der Waals surface area contributed by atoms with Gasteiger partial charge >= 0.3 is 11.9 Å². The van der Waals surface area contributed by atoms with Crippen molar-refractivity contribution in [3.63, 3.8) is 0 Å². The maximum absolute atomic E-state index is 13.3. The van der Waals surface area contributed by atoms with Crippen molar-refractivity contribution >= 4 is 11.9 Å². The highest BCUT2D eigenvalue weighted by Crippen LogP contribution is 2.25. The van der Waals surface area contributed by atoms with E-state index >= 15 is 0 Å². The van der Waals surface area contributed by atoms with Crippen molar-refractivity contribution in [3.05, 3.63) is 132 Å². The molecule has 1 N–H and O–H groups in total. The normalized spacial score (nSPS) is 13.2. The summed E-state index contributed by atoms with van der Waals surface area (Å²) in [6.07, 6.45) is -0.440. The van der Waals surface area contributed by atoms with Crippen molar-refractivity contribution in [1.29, 1.82) is 0 Å². The van der Waals surface area contributed by atoms with Crippen LogP contribution in [0.4, 0.5) is 0 Å². The number of hydrogen-bond acceptors (Lipinski definition) is 5. The lowest BCUT2D eigenvalue weighted by molar-refractivity contribution is -0.146. The molecule has 0 bridgehead atoms. The predicted molar refractivity (Wildman–Crippen MR) is 142 cm³/mol. The van der Waals surface area contributed by atoms with E-state index in [0.717, 1.165) is 11.1 Å². The van der Waals surface area contributed by atoms with Gasteiger partial charge in [-0.1, -0.05) is 97.1 Å². The maximum Gasteiger partial charge on any atom is 0.317 e. The van der Waals surface area contributed by atoms with Crippen molar-refractivity contribution in [2.24, 2.45) is 11.8 Å². The molecule has 4 aromatic carbocycles. The third kappa shape index (κ3) is 7.89. The molecule has 5 heteroatoms. The lowest BCUT2D eigenvalue weighted by atomic mass is 9.85. The Hall–Kier alpha value is -4.22. The fraction of sp³-hybridized carbons (Fsp3) is 0.188. The number of para-hydroxylation sites is 2. The Morgan fingerprint density at radius 1 is 0.568 bits per heavy atom. The van der Waals surface area contributed by atoms with Crippen LogP contribution in [-0.2, 0) is 22.4 Å². The Morgan fingerprint density at radius 2 is 0.973 bits per heavy atom. The molecule has 0 radical (unpaired) electrons. The lowest BCUT2D eigenvalue weighted by Crippen LogP contribution is -2.37. The summed E-state index contributed by atoms with van der Waals surface area (Å²) < 4.78 is 11.2. The van der Waals surface area contributed by atoms with Crippen LogP contribution in [0.5, 0.6) is 11.5 Å². The quantitative estimate of drug-likeness (QED) is 0.215. The molecule has 0 saturated carbocycles. The van der Waals surface area contributed by atoms with E-state index in [0.29, 0.717) is 17.9 Å². The monoisotopic (exact) mass is 494 g/mol. The number of carbonyl (C=O) groups is 2. The van der Waals surface area contributed by atoms with E-state index in [9.17, 15) is 14.7 Å². The van der Waals surface area contributed by atoms with Crippen LogP contribution in [-0.4, -0.2) is 23.1 Å². The van der Waals surface area contributed by atoms with Gasteiger partial charge in [-0.2, -0.15) is 0 Å². The largest absolute Gasteiger partial charge is 0.426 e. The van der Waals surface area contributed by atoms with E-state index in [2.05, 4.69) is 0 Å². The third-order valence-corrected chi connectivity index (χ3v) is 6.17. The van der Waals surface area contributed by atoms with Gasteiger partial charge in [-0.25, -0.2) is 0 Å². The first kappa shape index (κ1) is 25.9. The van der Waals surface area contributed by atoms with Crippen molar-refractivity contribution in [2.45, 2.75) is 25.4 Å². The summed E-state index contributed by atoms with van der Waals surface area (Å²) in [5.41, 5.74) is 1.83. The van der Waals surface area contributed by atoms with Gasteiger partial charge in [-0.3, -0.25) is 9.59 Å². The van der Waals surface area contributed by atoms with Gasteiger partial charge < -0.3 is 14.6 Å². The van der Waals surface area contributed by atoms with Crippen molar-refractivity contribution in [3.8, 4) is 11.5 Å². The molecule has 0 aliphatic heterocycles. The number of rotatable bonds is 11. The Balaban J connectivity index is 1.55. The SMILES string of the molecule is O=C(Oc1ccccc1)[C@@H](Cc1ccccc1)C[C@H](O)[C@H](Cc1ccccc1)C(=O)Oc1ccccc1. The summed E-state index contributed by atoms with van der Waals surface area (Å²) in [5, 5.41) is 11.4. The summed E-state index contributed by atoms with van der Waals surface area (Å²) in [7, 11) is 0. The van der Waals surface area contributed by atoms with Crippen molar-refractivity contribution < 1.29 is 24.2 Å². The van der Waals surface area contributed by atoms with E-state index in [1.165, 1.54) is 0 Å². The Kier molecular flexibility index (Phi) is 9.22. The van der Waals surface area contributed by atoms with Gasteiger partial charge in [0.1, 0.15) is 11.5 Å². The molecule has 0 aromatic heterocycles. The molecule has 4 aromatic rings. The smallest absolute Gasteiger partial charge is 0.317 e. The number of benzene rings is 4. The predicted octanol–water partition coefficient (Wildman–Crippen LogP) is 5.67. The summed E-state index contributed by atoms with van der Waals surface area (Å²) in [4.78, 5) is 26.5. The maximum atomic E-state index is 13.3. The van der Waals surface area contributed by atoms with E-state index in [-0.39, 0.29) is 12.8 Å². The molecule has 3 atom stereocenters. The molecule has 0 amide bonds. The highest BCUT2D eigenvalue weighted by molar-refractivity contribution is 5.77. The van der Waals surface area contributed by atoms with E-state index in [4.69, 9.17) is 9.47 Å². The summed E-state index contributed by atoms with van der Waals surface area (Å²) >= 11 is 0. The van der Waals surface area contributed by atoms with Gasteiger partial charge in [0.05, 0.1) is 17.9 Å². The zero-order valence-electron chi connectivity index (χ0n) is 20.5. The first-order chi connectivity index (χ1) is 18.1. The first-order valence-electron chi connectivity index (χ1n) is 12.4. The highest BCUT2D eigenvalue weighted by Gasteiger charge is 2.34. The molecule has 0 heterocycles. The van der Waals surface area contributed by atoms with Crippen molar-refractivity contribution in [1.82, 2.24) is 0 Å². The number of ether oxygens (including phenoxy) is 2. The summed E-state index contributed by atoms with van der Waals surface area (Å²) in [5.74, 6) is -1.70. The second-order valence-electron chi connectivity index (χ2n) is 8.95. The van der Waals surface area contributed by atoms with Crippen LogP contribution in [0.1, 0.15) is 17.5 Å². The van der Waals surface area contributed by atoms with Crippen LogP contribution in [0.2, 0.25) is 0 Å². The molecule has 0 saturated heterocycles. The minimum absolute atomic E-state index is 0.0436. The highest BCUT2D eigenvalue weighted by atomic mass is 16.5. The Bertz CT molecular complexity index is 1240. The average Bonchev–Trinajstić information content (AvgIpc) is 2.93. The van der Waals surface area contributed by atoms with Crippen LogP contribution in [0, 0.1) is 11.8 Å². The van der Waals surface area contributed by atoms with Crippen LogP contribution in [0.15, 0.2) is 121 Å². The molecule has 0 aliphatic carbocycles. The molecule has 0 unspecified atom stereocenters. The van der Waals surface area contributed by atoms with Gasteiger partial charge in [0.15, 0.2) is 0 Å². The van der Waals surface area contributed by atoms with Gasteiger partial charge in [-0.15, -0.1) is 0 Å². The number of aliphatic hydroxyl groups is 1. The molecular formula is C32H30O5. The number of carbonyl (C=O) groups excluding carboxylic acids is 2. The Morgan fingerprint density at radius 3 is 1.46 bits per heavy atom. The van der Waals surface area contributed by atoms with Gasteiger partial charge in [0, 0.05) is 0 Å². The minimum Gasteiger partial charge on any atom is -0.426 e. The zero-order valence-corrected chi connectivity index (χ0v) is 20.5. The summed E-state index contributed by atoms with van der Waals surface area (Å²) in [6.45, 7) is 0. The fourth-order valence-electron chi connectivity index (χ4n) is 4.23. The zero-order chi connectivity index (χ0) is 25.9. The van der Waals surface area contributed by atoms with Gasteiger partial charge in [0.2, 0.25) is 0 Å². The van der Waals surface area contributed by atoms with Crippen LogP contribution >= 0.6 is 0 Å². The van der Waals surface area contributed by atoms with Crippen LogP contribution in [0.3, 0.4) is 0 Å². The van der Waals surface area contributed by atoms with Crippen LogP contribution in [0.25, 0.3) is 0 Å². The lowest BCUT2D eigenvalue weighted by Gasteiger charge is -2.25. The molecule has 0 fully saturated rings. The standard InChI is InChI=1S/C32H30O5/c33-30(29(22-25-15-7-2-8-16-25)32(35)37-28-19-11-4-12-20-28)23-26(21-24-13-5-1-6-14-24)31(34)36-27-17-9-3-10-18-27/h1-20,26,29-30,33H,21-23H2/t26-,29-,30-/m0/s1. The van der Waals surface area contributed by atoms with Crippen molar-refractivity contribution in [2.75, 3.05) is 0 Å². The second-order valence-corrected chi connectivity index (χ2v) is 8.95. The van der Waals surface area contributed by atoms with E-state index in [1.807, 2.05) is 72.8 Å². The molecule has 188 valence electrons. The van der Waals surface area contributed by atoms with E-state index in [1.54, 1.807) is 48.5 Å². The number of hydrogen-bond donors (Lipinski definition) is 1. The summed E-state index contributed by atoms with van der Waals surface area (Å²) in [6, 6.07) is 36.7. The average molecular weight is 495 g/mol.